The molecule has 2 aromatic rings. The van der Waals surface area contributed by atoms with E-state index in [1.54, 1.807) is 12.1 Å². The van der Waals surface area contributed by atoms with Crippen LogP contribution in [0.3, 0.4) is 0 Å². The maximum absolute atomic E-state index is 11.5. The molecule has 8 nitrogen and oxygen atoms in total. The van der Waals surface area contributed by atoms with Crippen molar-refractivity contribution in [1.82, 2.24) is 0 Å². The molecule has 3 rings (SSSR count). The largest absolute Gasteiger partial charge is 0.495 e. The van der Waals surface area contributed by atoms with Crippen LogP contribution in [0.2, 0.25) is 0 Å². The van der Waals surface area contributed by atoms with Crippen LogP contribution in [0.5, 0.6) is 5.75 Å². The average Bonchev–Trinajstić information content (AvgIpc) is 2.87. The van der Waals surface area contributed by atoms with E-state index < -0.39 is 29.2 Å². The van der Waals surface area contributed by atoms with Crippen LogP contribution >= 0.6 is 22.6 Å². The monoisotopic (exact) mass is 525 g/mol. The van der Waals surface area contributed by atoms with Crippen molar-refractivity contribution in [2.45, 2.75) is 45.5 Å². The molecule has 1 saturated heterocycles. The van der Waals surface area contributed by atoms with Gasteiger partial charge in [0.1, 0.15) is 12.4 Å². The Hall–Kier alpha value is -2.18. The minimum absolute atomic E-state index is 0.00228. The molecule has 0 bridgehead atoms. The van der Waals surface area contributed by atoms with Crippen LogP contribution in [0.25, 0.3) is 0 Å². The summed E-state index contributed by atoms with van der Waals surface area (Å²) < 4.78 is 18.7. The van der Waals surface area contributed by atoms with E-state index in [2.05, 4.69) is 0 Å². The molecule has 0 unspecified atom stereocenters. The van der Waals surface area contributed by atoms with Crippen LogP contribution in [0, 0.1) is 13.7 Å². The van der Waals surface area contributed by atoms with Gasteiger partial charge in [-0.05, 0) is 79.5 Å². The second-order valence-corrected chi connectivity index (χ2v) is 9.13. The summed E-state index contributed by atoms with van der Waals surface area (Å²) in [4.78, 5) is 22.0. The number of carbonyl (C=O) groups is 1. The maximum Gasteiger partial charge on any atom is 0.495 e. The molecule has 0 aromatic heterocycles. The molecule has 0 amide bonds. The summed E-state index contributed by atoms with van der Waals surface area (Å²) in [7, 11) is -0.694. The van der Waals surface area contributed by atoms with Gasteiger partial charge in [-0.3, -0.25) is 10.1 Å². The fourth-order valence-electron chi connectivity index (χ4n) is 2.94. The number of nitro groups is 1. The molecular weight excluding hydrogens is 504 g/mol. The van der Waals surface area contributed by atoms with Gasteiger partial charge in [-0.2, -0.15) is 0 Å². The molecule has 2 aromatic carbocycles. The van der Waals surface area contributed by atoms with Gasteiger partial charge in [0.05, 0.1) is 31.3 Å². The number of non-ortho nitro benzene ring substituents is 1. The molecule has 1 aliphatic rings. The Labute approximate surface area is 188 Å². The highest BCUT2D eigenvalue weighted by molar-refractivity contribution is 14.1. The highest BCUT2D eigenvalue weighted by atomic mass is 127. The van der Waals surface area contributed by atoms with Gasteiger partial charge < -0.3 is 19.2 Å². The third-order valence-corrected chi connectivity index (χ3v) is 6.30. The number of carboxylic acids is 1. The third kappa shape index (κ3) is 4.45. The Kier molecular flexibility index (Phi) is 6.12. The molecule has 1 aliphatic heterocycles. The number of hydrogen-bond donors (Lipinski definition) is 1. The molecule has 1 fully saturated rings. The average molecular weight is 525 g/mol. The Morgan fingerprint density at radius 2 is 1.80 bits per heavy atom. The normalized spacial score (nSPS) is 17.0. The number of nitrogens with zero attached hydrogens (tertiary/aromatic N) is 1. The number of aromatic carboxylic acids is 1. The summed E-state index contributed by atoms with van der Waals surface area (Å²) in [5.41, 5.74) is 0.112. The van der Waals surface area contributed by atoms with Crippen molar-refractivity contribution in [3.8, 4) is 5.75 Å². The van der Waals surface area contributed by atoms with E-state index in [1.807, 2.05) is 50.3 Å². The molecule has 10 heteroatoms. The summed E-state index contributed by atoms with van der Waals surface area (Å²) >= 11 is 2.03. The van der Waals surface area contributed by atoms with Gasteiger partial charge in [0, 0.05) is 6.07 Å². The molecule has 0 radical (unpaired) electrons. The topological polar surface area (TPSA) is 108 Å². The van der Waals surface area contributed by atoms with Crippen molar-refractivity contribution in [3.63, 3.8) is 0 Å². The van der Waals surface area contributed by atoms with E-state index in [1.165, 1.54) is 24.3 Å². The van der Waals surface area contributed by atoms with Crippen LogP contribution in [0.15, 0.2) is 36.4 Å². The first-order chi connectivity index (χ1) is 13.9. The van der Waals surface area contributed by atoms with E-state index in [-0.39, 0.29) is 17.9 Å². The zero-order valence-corrected chi connectivity index (χ0v) is 19.1. The molecule has 0 saturated carbocycles. The molecule has 0 aliphatic carbocycles. The first kappa shape index (κ1) is 22.5. The highest BCUT2D eigenvalue weighted by Gasteiger charge is 2.52. The second kappa shape index (κ2) is 8.16. The van der Waals surface area contributed by atoms with E-state index in [0.717, 1.165) is 0 Å². The van der Waals surface area contributed by atoms with Crippen molar-refractivity contribution < 1.29 is 28.9 Å². The van der Waals surface area contributed by atoms with Crippen LogP contribution in [-0.4, -0.2) is 34.3 Å². The Bertz CT molecular complexity index is 993. The first-order valence-electron chi connectivity index (χ1n) is 9.20. The molecule has 1 N–H and O–H groups in total. The summed E-state index contributed by atoms with van der Waals surface area (Å²) in [6.45, 7) is 7.72. The van der Waals surface area contributed by atoms with Gasteiger partial charge in [0.15, 0.2) is 0 Å². The summed E-state index contributed by atoms with van der Waals surface area (Å²) in [6, 6.07) is 8.99. The van der Waals surface area contributed by atoms with Gasteiger partial charge in [-0.25, -0.2) is 4.79 Å². The minimum atomic E-state index is -1.07. The predicted molar refractivity (Wildman–Crippen MR) is 119 cm³/mol. The van der Waals surface area contributed by atoms with E-state index in [0.29, 0.717) is 20.3 Å². The van der Waals surface area contributed by atoms with Crippen molar-refractivity contribution in [3.05, 3.63) is 61.2 Å². The van der Waals surface area contributed by atoms with Crippen LogP contribution < -0.4 is 10.2 Å². The number of hydrogen-bond acceptors (Lipinski definition) is 6. The predicted octanol–water partition coefficient (Wildman–Crippen LogP) is 3.78. The minimum Gasteiger partial charge on any atom is -0.488 e. The zero-order valence-electron chi connectivity index (χ0n) is 17.0. The molecule has 0 atom stereocenters. The fourth-order valence-corrected chi connectivity index (χ4v) is 3.43. The number of rotatable bonds is 6. The molecule has 30 heavy (non-hydrogen) atoms. The van der Waals surface area contributed by atoms with Gasteiger partial charge in [-0.1, -0.05) is 6.07 Å². The van der Waals surface area contributed by atoms with Gasteiger partial charge in [-0.15, -0.1) is 0 Å². The number of carboxylic acid groups (broad SMARTS) is 1. The van der Waals surface area contributed by atoms with Gasteiger partial charge >= 0.3 is 13.1 Å². The molecule has 158 valence electrons. The van der Waals surface area contributed by atoms with Crippen LogP contribution in [0.1, 0.15) is 43.6 Å². The van der Waals surface area contributed by atoms with Crippen molar-refractivity contribution in [2.24, 2.45) is 0 Å². The number of halogens is 1. The summed E-state index contributed by atoms with van der Waals surface area (Å²) in [6.07, 6.45) is 0. The SMILES string of the molecule is CC1(C)OB(c2ccc(C(=O)O)cc2COc2cc([N+](=O)[O-])ccc2I)OC1(C)C. The standard InChI is InChI=1S/C20H21BINO7/c1-19(2)20(3,4)30-21(29-19)15-7-5-12(18(24)25)9-13(15)11-28-17-10-14(23(26)27)6-8-16(17)22/h5-10H,11H2,1-4H3,(H,24,25). The van der Waals surface area contributed by atoms with Crippen LogP contribution in [-0.2, 0) is 15.9 Å². The van der Waals surface area contributed by atoms with Crippen molar-refractivity contribution >= 4 is 46.8 Å². The quantitative estimate of drug-likeness (QED) is 0.265. The maximum atomic E-state index is 11.5. The lowest BCUT2D eigenvalue weighted by Crippen LogP contribution is -2.41. The van der Waals surface area contributed by atoms with Crippen LogP contribution in [0.4, 0.5) is 5.69 Å². The molecule has 0 spiro atoms. The Morgan fingerprint density at radius 1 is 1.17 bits per heavy atom. The van der Waals surface area contributed by atoms with Gasteiger partial charge in [0.25, 0.3) is 5.69 Å². The second-order valence-electron chi connectivity index (χ2n) is 7.97. The zero-order chi connectivity index (χ0) is 22.3. The lowest BCUT2D eigenvalue weighted by atomic mass is 9.75. The lowest BCUT2D eigenvalue weighted by Gasteiger charge is -2.32. The smallest absolute Gasteiger partial charge is 0.488 e. The van der Waals surface area contributed by atoms with Gasteiger partial charge in [0.2, 0.25) is 0 Å². The van der Waals surface area contributed by atoms with E-state index in [4.69, 9.17) is 14.0 Å². The summed E-state index contributed by atoms with van der Waals surface area (Å²) in [5.74, 6) is -0.730. The lowest BCUT2D eigenvalue weighted by molar-refractivity contribution is -0.385. The van der Waals surface area contributed by atoms with Crippen molar-refractivity contribution in [2.75, 3.05) is 0 Å². The summed E-state index contributed by atoms with van der Waals surface area (Å²) in [5, 5.41) is 20.4. The number of nitro benzene ring substituents is 1. The van der Waals surface area contributed by atoms with E-state index >= 15 is 0 Å². The van der Waals surface area contributed by atoms with Crippen molar-refractivity contribution in [1.29, 1.82) is 0 Å². The molecular formula is C20H21BINO7. The first-order valence-corrected chi connectivity index (χ1v) is 10.3. The van der Waals surface area contributed by atoms with E-state index in [9.17, 15) is 20.0 Å². The Balaban J connectivity index is 1.94. The highest BCUT2D eigenvalue weighted by Crippen LogP contribution is 2.37. The number of ether oxygens (including phenoxy) is 1. The third-order valence-electron chi connectivity index (χ3n) is 5.41. The Morgan fingerprint density at radius 3 is 2.37 bits per heavy atom. The fraction of sp³-hybridized carbons (Fsp3) is 0.350. The number of benzene rings is 2. The molecule has 1 heterocycles.